The molecule has 5 heteroatoms. The van der Waals surface area contributed by atoms with E-state index in [4.69, 9.17) is 4.74 Å². The largest absolute Gasteiger partial charge is 0.381 e. The van der Waals surface area contributed by atoms with E-state index in [1.165, 1.54) is 5.56 Å². The highest BCUT2D eigenvalue weighted by molar-refractivity contribution is 5.95. The Hall–Kier alpha value is -2.92. The SMILES string of the molecule is O=C(NCC1CCOCC1)c1cccc(-c2cnn(Cc3ccccc3)c2)c1. The zero-order valence-electron chi connectivity index (χ0n) is 15.9. The van der Waals surface area contributed by atoms with E-state index in [0.29, 0.717) is 18.0 Å². The molecule has 0 unspecified atom stereocenters. The second kappa shape index (κ2) is 8.85. The molecule has 1 aliphatic heterocycles. The third-order valence-electron chi connectivity index (χ3n) is 5.17. The lowest BCUT2D eigenvalue weighted by molar-refractivity contribution is 0.0642. The van der Waals surface area contributed by atoms with Gasteiger partial charge < -0.3 is 10.1 Å². The fourth-order valence-corrected chi connectivity index (χ4v) is 3.50. The molecule has 1 aromatic heterocycles. The Morgan fingerprint density at radius 1 is 1.07 bits per heavy atom. The number of hydrogen-bond donors (Lipinski definition) is 1. The summed E-state index contributed by atoms with van der Waals surface area (Å²) in [6.45, 7) is 3.03. The van der Waals surface area contributed by atoms with Crippen LogP contribution in [-0.2, 0) is 11.3 Å². The van der Waals surface area contributed by atoms with Crippen LogP contribution >= 0.6 is 0 Å². The Kier molecular flexibility index (Phi) is 5.83. The Morgan fingerprint density at radius 2 is 1.89 bits per heavy atom. The van der Waals surface area contributed by atoms with Crippen LogP contribution in [0.5, 0.6) is 0 Å². The van der Waals surface area contributed by atoms with Gasteiger partial charge in [0.1, 0.15) is 0 Å². The van der Waals surface area contributed by atoms with Crippen molar-refractivity contribution in [3.63, 3.8) is 0 Å². The maximum atomic E-state index is 12.6. The van der Waals surface area contributed by atoms with E-state index in [9.17, 15) is 4.79 Å². The third kappa shape index (κ3) is 4.67. The first-order chi connectivity index (χ1) is 13.8. The van der Waals surface area contributed by atoms with Crippen molar-refractivity contribution < 1.29 is 9.53 Å². The fraction of sp³-hybridized carbons (Fsp3) is 0.304. The summed E-state index contributed by atoms with van der Waals surface area (Å²) >= 11 is 0. The Bertz CT molecular complexity index is 914. The average Bonchev–Trinajstić information content (AvgIpc) is 3.22. The Morgan fingerprint density at radius 3 is 2.71 bits per heavy atom. The quantitative estimate of drug-likeness (QED) is 0.714. The number of carbonyl (C=O) groups is 1. The molecular weight excluding hydrogens is 350 g/mol. The molecule has 4 rings (SSSR count). The molecule has 0 atom stereocenters. The van der Waals surface area contributed by atoms with Crippen LogP contribution < -0.4 is 5.32 Å². The summed E-state index contributed by atoms with van der Waals surface area (Å²) in [5.74, 6) is 0.488. The molecule has 3 aromatic rings. The minimum Gasteiger partial charge on any atom is -0.381 e. The number of carbonyl (C=O) groups excluding carboxylic acids is 1. The first-order valence-electron chi connectivity index (χ1n) is 9.81. The molecule has 0 bridgehead atoms. The molecule has 144 valence electrons. The van der Waals surface area contributed by atoms with Crippen molar-refractivity contribution >= 4 is 5.91 Å². The van der Waals surface area contributed by atoms with E-state index < -0.39 is 0 Å². The number of nitrogens with one attached hydrogen (secondary N) is 1. The number of hydrogen-bond acceptors (Lipinski definition) is 3. The molecule has 1 fully saturated rings. The summed E-state index contributed by atoms with van der Waals surface area (Å²) in [5, 5.41) is 7.53. The number of rotatable bonds is 6. The molecule has 0 radical (unpaired) electrons. The van der Waals surface area contributed by atoms with Gasteiger partial charge in [0.25, 0.3) is 5.91 Å². The van der Waals surface area contributed by atoms with Crippen LogP contribution in [0.3, 0.4) is 0 Å². The van der Waals surface area contributed by atoms with Crippen LogP contribution in [-0.4, -0.2) is 35.4 Å². The van der Waals surface area contributed by atoms with Crippen molar-refractivity contribution in [2.45, 2.75) is 19.4 Å². The average molecular weight is 375 g/mol. The predicted octanol–water partition coefficient (Wildman–Crippen LogP) is 3.75. The monoisotopic (exact) mass is 375 g/mol. The molecular formula is C23H25N3O2. The predicted molar refractivity (Wildman–Crippen MR) is 109 cm³/mol. The van der Waals surface area contributed by atoms with Crippen molar-refractivity contribution in [3.8, 4) is 11.1 Å². The van der Waals surface area contributed by atoms with Crippen molar-refractivity contribution in [2.75, 3.05) is 19.8 Å². The zero-order valence-corrected chi connectivity index (χ0v) is 15.9. The second-order valence-electron chi connectivity index (χ2n) is 7.26. The minimum atomic E-state index is -0.0231. The summed E-state index contributed by atoms with van der Waals surface area (Å²) in [6.07, 6.45) is 5.90. The zero-order chi connectivity index (χ0) is 19.2. The van der Waals surface area contributed by atoms with E-state index in [1.54, 1.807) is 0 Å². The van der Waals surface area contributed by atoms with Gasteiger partial charge in [-0.15, -0.1) is 0 Å². The van der Waals surface area contributed by atoms with Crippen LogP contribution in [0.15, 0.2) is 67.0 Å². The first-order valence-corrected chi connectivity index (χ1v) is 9.81. The van der Waals surface area contributed by atoms with Gasteiger partial charge in [0, 0.05) is 37.1 Å². The van der Waals surface area contributed by atoms with E-state index in [2.05, 4.69) is 22.5 Å². The number of nitrogens with zero attached hydrogens (tertiary/aromatic N) is 2. The first kappa shape index (κ1) is 18.4. The lowest BCUT2D eigenvalue weighted by Gasteiger charge is -2.22. The molecule has 1 amide bonds. The second-order valence-corrected chi connectivity index (χ2v) is 7.26. The molecule has 0 saturated carbocycles. The lowest BCUT2D eigenvalue weighted by Crippen LogP contribution is -2.32. The van der Waals surface area contributed by atoms with Crippen LogP contribution in [0.25, 0.3) is 11.1 Å². The van der Waals surface area contributed by atoms with Gasteiger partial charge in [-0.2, -0.15) is 5.10 Å². The van der Waals surface area contributed by atoms with Crippen LogP contribution in [0, 0.1) is 5.92 Å². The maximum Gasteiger partial charge on any atom is 0.251 e. The van der Waals surface area contributed by atoms with Gasteiger partial charge in [0.15, 0.2) is 0 Å². The standard InChI is InChI=1S/C23H25N3O2/c27-23(24-14-18-9-11-28-12-10-18)21-8-4-7-20(13-21)22-15-25-26(17-22)16-19-5-2-1-3-6-19/h1-8,13,15,17-18H,9-12,14,16H2,(H,24,27). The number of aromatic nitrogens is 2. The molecule has 5 nitrogen and oxygen atoms in total. The summed E-state index contributed by atoms with van der Waals surface area (Å²) in [6, 6.07) is 18.0. The highest BCUT2D eigenvalue weighted by Crippen LogP contribution is 2.21. The molecule has 0 aliphatic carbocycles. The fourth-order valence-electron chi connectivity index (χ4n) is 3.50. The van der Waals surface area contributed by atoms with Crippen molar-refractivity contribution in [2.24, 2.45) is 5.92 Å². The minimum absolute atomic E-state index is 0.0231. The van der Waals surface area contributed by atoms with E-state index >= 15 is 0 Å². The summed E-state index contributed by atoms with van der Waals surface area (Å²) < 4.78 is 7.29. The number of benzene rings is 2. The number of ether oxygens (including phenoxy) is 1. The van der Waals surface area contributed by atoms with Crippen LogP contribution in [0.2, 0.25) is 0 Å². The molecule has 2 heterocycles. The Balaban J connectivity index is 1.41. The van der Waals surface area contributed by atoms with Crippen LogP contribution in [0.4, 0.5) is 0 Å². The van der Waals surface area contributed by atoms with Gasteiger partial charge in [-0.05, 0) is 42.0 Å². The molecule has 1 aliphatic rings. The summed E-state index contributed by atoms with van der Waals surface area (Å²) in [7, 11) is 0. The molecule has 0 spiro atoms. The van der Waals surface area contributed by atoms with E-state index in [-0.39, 0.29) is 5.91 Å². The van der Waals surface area contributed by atoms with Gasteiger partial charge in [-0.3, -0.25) is 9.48 Å². The van der Waals surface area contributed by atoms with Gasteiger partial charge in [-0.1, -0.05) is 42.5 Å². The van der Waals surface area contributed by atoms with Gasteiger partial charge in [0.05, 0.1) is 12.7 Å². The van der Waals surface area contributed by atoms with Gasteiger partial charge in [0.2, 0.25) is 0 Å². The molecule has 2 aromatic carbocycles. The lowest BCUT2D eigenvalue weighted by atomic mass is 10.00. The summed E-state index contributed by atoms with van der Waals surface area (Å²) in [4.78, 5) is 12.6. The van der Waals surface area contributed by atoms with Gasteiger partial charge >= 0.3 is 0 Å². The molecule has 1 N–H and O–H groups in total. The van der Waals surface area contributed by atoms with E-state index in [0.717, 1.165) is 43.7 Å². The van der Waals surface area contributed by atoms with Crippen molar-refractivity contribution in [1.82, 2.24) is 15.1 Å². The smallest absolute Gasteiger partial charge is 0.251 e. The molecule has 28 heavy (non-hydrogen) atoms. The highest BCUT2D eigenvalue weighted by Gasteiger charge is 2.15. The molecule has 1 saturated heterocycles. The summed E-state index contributed by atoms with van der Waals surface area (Å²) in [5.41, 5.74) is 3.90. The highest BCUT2D eigenvalue weighted by atomic mass is 16.5. The third-order valence-corrected chi connectivity index (χ3v) is 5.17. The number of amides is 1. The van der Waals surface area contributed by atoms with Crippen molar-refractivity contribution in [3.05, 3.63) is 78.1 Å². The maximum absolute atomic E-state index is 12.6. The Labute approximate surface area is 165 Å². The van der Waals surface area contributed by atoms with E-state index in [1.807, 2.05) is 59.5 Å². The van der Waals surface area contributed by atoms with Gasteiger partial charge in [-0.25, -0.2) is 0 Å². The topological polar surface area (TPSA) is 56.1 Å². The normalized spacial score (nSPS) is 14.7. The van der Waals surface area contributed by atoms with Crippen LogP contribution in [0.1, 0.15) is 28.8 Å². The van der Waals surface area contributed by atoms with Crippen molar-refractivity contribution in [1.29, 1.82) is 0 Å².